The summed E-state index contributed by atoms with van der Waals surface area (Å²) in [6.07, 6.45) is 17.4. The van der Waals surface area contributed by atoms with Gasteiger partial charge < -0.3 is 4.74 Å². The van der Waals surface area contributed by atoms with Gasteiger partial charge in [0.05, 0.1) is 6.61 Å². The first-order valence-corrected chi connectivity index (χ1v) is 7.76. The highest BCUT2D eigenvalue weighted by molar-refractivity contribution is 5.06. The van der Waals surface area contributed by atoms with E-state index >= 15 is 0 Å². The fraction of sp³-hybridized carbons (Fsp3) is 0.765. The molecule has 0 bridgehead atoms. The van der Waals surface area contributed by atoms with Crippen LogP contribution in [0.25, 0.3) is 0 Å². The fourth-order valence-corrected chi connectivity index (χ4v) is 2.04. The van der Waals surface area contributed by atoms with Crippen LogP contribution >= 0.6 is 0 Å². The lowest BCUT2D eigenvalue weighted by Gasteiger charge is -2.06. The second-order valence-corrected chi connectivity index (χ2v) is 4.93. The lowest BCUT2D eigenvalue weighted by molar-refractivity contribution is 0.216. The van der Waals surface area contributed by atoms with Crippen LogP contribution in [0.5, 0.6) is 0 Å². The predicted molar refractivity (Wildman–Crippen MR) is 81.8 cm³/mol. The van der Waals surface area contributed by atoms with Gasteiger partial charge in [0.2, 0.25) is 0 Å². The number of allylic oxidation sites excluding steroid dienone is 2. The molecule has 0 aliphatic carbocycles. The number of unbranched alkanes of at least 4 members (excludes halogenated alkanes) is 9. The van der Waals surface area contributed by atoms with E-state index in [0.29, 0.717) is 0 Å². The quantitative estimate of drug-likeness (QED) is 0.221. The van der Waals surface area contributed by atoms with Gasteiger partial charge in [-0.1, -0.05) is 71.3 Å². The summed E-state index contributed by atoms with van der Waals surface area (Å²) in [7, 11) is 0. The zero-order valence-electron chi connectivity index (χ0n) is 12.5. The van der Waals surface area contributed by atoms with E-state index in [1.165, 1.54) is 64.2 Å². The van der Waals surface area contributed by atoms with E-state index in [1.54, 1.807) is 6.08 Å². The molecule has 0 aromatic carbocycles. The first-order chi connectivity index (χ1) is 8.85. The average molecular weight is 252 g/mol. The van der Waals surface area contributed by atoms with Crippen molar-refractivity contribution in [2.24, 2.45) is 0 Å². The Morgan fingerprint density at radius 1 is 0.889 bits per heavy atom. The minimum Gasteiger partial charge on any atom is -0.494 e. The van der Waals surface area contributed by atoms with Crippen molar-refractivity contribution < 1.29 is 4.74 Å². The van der Waals surface area contributed by atoms with Crippen molar-refractivity contribution in [3.63, 3.8) is 0 Å². The Morgan fingerprint density at radius 3 is 1.83 bits per heavy atom. The number of hydrogen-bond acceptors (Lipinski definition) is 1. The summed E-state index contributed by atoms with van der Waals surface area (Å²) >= 11 is 0. The van der Waals surface area contributed by atoms with E-state index in [1.807, 2.05) is 13.0 Å². The van der Waals surface area contributed by atoms with Crippen molar-refractivity contribution >= 4 is 0 Å². The summed E-state index contributed by atoms with van der Waals surface area (Å²) in [5, 5.41) is 0. The normalized spacial score (nSPS) is 11.6. The third-order valence-electron chi connectivity index (χ3n) is 3.25. The monoisotopic (exact) mass is 252 g/mol. The molecule has 0 spiro atoms. The molecule has 0 saturated heterocycles. The van der Waals surface area contributed by atoms with Crippen LogP contribution in [0.2, 0.25) is 0 Å². The summed E-state index contributed by atoms with van der Waals surface area (Å²) in [4.78, 5) is 0. The largest absolute Gasteiger partial charge is 0.494 e. The second-order valence-electron chi connectivity index (χ2n) is 4.93. The summed E-state index contributed by atoms with van der Waals surface area (Å²) < 4.78 is 5.56. The molecule has 0 amide bonds. The Kier molecular flexibility index (Phi) is 13.8. The van der Waals surface area contributed by atoms with Gasteiger partial charge in [0, 0.05) is 0 Å². The van der Waals surface area contributed by atoms with Gasteiger partial charge >= 0.3 is 0 Å². The maximum atomic E-state index is 5.56. The zero-order chi connectivity index (χ0) is 13.5. The van der Waals surface area contributed by atoms with E-state index in [2.05, 4.69) is 13.5 Å². The van der Waals surface area contributed by atoms with E-state index in [-0.39, 0.29) is 0 Å². The zero-order valence-corrected chi connectivity index (χ0v) is 12.5. The van der Waals surface area contributed by atoms with Crippen molar-refractivity contribution in [2.75, 3.05) is 6.61 Å². The Bertz CT molecular complexity index is 206. The van der Waals surface area contributed by atoms with Crippen molar-refractivity contribution in [1.82, 2.24) is 0 Å². The van der Waals surface area contributed by atoms with Gasteiger partial charge in [-0.25, -0.2) is 0 Å². The molecule has 0 N–H and O–H groups in total. The molecular weight excluding hydrogens is 220 g/mol. The number of rotatable bonds is 13. The van der Waals surface area contributed by atoms with Crippen molar-refractivity contribution in [3.05, 3.63) is 24.5 Å². The Balaban J connectivity index is 3.10. The molecule has 18 heavy (non-hydrogen) atoms. The first-order valence-electron chi connectivity index (χ1n) is 7.76. The molecule has 0 fully saturated rings. The van der Waals surface area contributed by atoms with Gasteiger partial charge in [-0.3, -0.25) is 0 Å². The molecule has 1 nitrogen and oxygen atoms in total. The van der Waals surface area contributed by atoms with Crippen LogP contribution in [0.3, 0.4) is 0 Å². The molecule has 0 radical (unpaired) electrons. The van der Waals surface area contributed by atoms with Gasteiger partial charge in [-0.15, -0.1) is 0 Å². The van der Waals surface area contributed by atoms with Gasteiger partial charge in [0.15, 0.2) is 0 Å². The van der Waals surface area contributed by atoms with Crippen LogP contribution in [0.4, 0.5) is 0 Å². The SMILES string of the molecule is C=CC(=CC)OCCCCCCCCCCCC. The molecule has 0 unspecified atom stereocenters. The van der Waals surface area contributed by atoms with Crippen LogP contribution in [0, 0.1) is 0 Å². The van der Waals surface area contributed by atoms with Gasteiger partial charge in [0.1, 0.15) is 5.76 Å². The van der Waals surface area contributed by atoms with Crippen LogP contribution < -0.4 is 0 Å². The number of hydrogen-bond donors (Lipinski definition) is 0. The standard InChI is InChI=1S/C17H32O/c1-4-7-8-9-10-11-12-13-14-15-16-18-17(5-2)6-3/h5-6H,2,4,7-16H2,1,3H3. The molecule has 0 rings (SSSR count). The average Bonchev–Trinajstić information content (AvgIpc) is 2.40. The molecule has 0 aromatic rings. The van der Waals surface area contributed by atoms with Crippen LogP contribution in [-0.2, 0) is 4.74 Å². The highest BCUT2D eigenvalue weighted by Crippen LogP contribution is 2.10. The van der Waals surface area contributed by atoms with E-state index in [4.69, 9.17) is 4.74 Å². The fourth-order valence-electron chi connectivity index (χ4n) is 2.04. The van der Waals surface area contributed by atoms with Crippen molar-refractivity contribution in [1.29, 1.82) is 0 Å². The highest BCUT2D eigenvalue weighted by atomic mass is 16.5. The molecule has 0 atom stereocenters. The molecule has 0 heterocycles. The topological polar surface area (TPSA) is 9.23 Å². The smallest absolute Gasteiger partial charge is 0.114 e. The Labute approximate surface area is 114 Å². The van der Waals surface area contributed by atoms with E-state index in [9.17, 15) is 0 Å². The summed E-state index contributed by atoms with van der Waals surface area (Å²) in [5.41, 5.74) is 0. The maximum Gasteiger partial charge on any atom is 0.114 e. The minimum absolute atomic E-state index is 0.836. The highest BCUT2D eigenvalue weighted by Gasteiger charge is 1.94. The predicted octanol–water partition coefficient (Wildman–Crippen LogP) is 6.01. The number of ether oxygens (including phenoxy) is 1. The van der Waals surface area contributed by atoms with Crippen molar-refractivity contribution in [3.8, 4) is 0 Å². The van der Waals surface area contributed by atoms with Gasteiger partial charge in [0.25, 0.3) is 0 Å². The Hall–Kier alpha value is -0.720. The molecule has 1 heteroatoms. The minimum atomic E-state index is 0.836. The molecule has 0 aliphatic heterocycles. The van der Waals surface area contributed by atoms with E-state index in [0.717, 1.165) is 12.4 Å². The molecular formula is C17H32O. The second kappa shape index (κ2) is 14.3. The molecule has 0 saturated carbocycles. The van der Waals surface area contributed by atoms with Crippen LogP contribution in [0.1, 0.15) is 78.1 Å². The third kappa shape index (κ3) is 11.8. The molecule has 0 aliphatic rings. The van der Waals surface area contributed by atoms with Gasteiger partial charge in [-0.05, 0) is 25.5 Å². The third-order valence-corrected chi connectivity index (χ3v) is 3.25. The first kappa shape index (κ1) is 17.3. The van der Waals surface area contributed by atoms with Gasteiger partial charge in [-0.2, -0.15) is 0 Å². The lowest BCUT2D eigenvalue weighted by atomic mass is 10.1. The molecule has 0 aromatic heterocycles. The lowest BCUT2D eigenvalue weighted by Crippen LogP contribution is -1.93. The van der Waals surface area contributed by atoms with Crippen LogP contribution in [0.15, 0.2) is 24.5 Å². The van der Waals surface area contributed by atoms with Crippen molar-refractivity contribution in [2.45, 2.75) is 78.1 Å². The molecule has 106 valence electrons. The Morgan fingerprint density at radius 2 is 1.39 bits per heavy atom. The van der Waals surface area contributed by atoms with E-state index < -0.39 is 0 Å². The summed E-state index contributed by atoms with van der Waals surface area (Å²) in [6.45, 7) is 8.80. The summed E-state index contributed by atoms with van der Waals surface area (Å²) in [5.74, 6) is 0.908. The summed E-state index contributed by atoms with van der Waals surface area (Å²) in [6, 6.07) is 0. The van der Waals surface area contributed by atoms with Crippen LogP contribution in [-0.4, -0.2) is 6.61 Å². The maximum absolute atomic E-state index is 5.56.